The molecule has 1 atom stereocenters. The van der Waals surface area contributed by atoms with Crippen LogP contribution >= 0.6 is 11.6 Å². The van der Waals surface area contributed by atoms with Crippen molar-refractivity contribution in [3.8, 4) is 11.5 Å². The standard InChI is InChI=1S/C28H28ClNO5/c1-28(16-19-6-5-8-23(29)14-19)17-22-15-20(10-11-25(22)35-28)27(33)30(13-12-26(31)32)18-21-7-3-4-9-24(21)34-2/h3-11,14-15H,12-13,16-18H2,1-2H3,(H,31,32). The number of rotatable bonds is 9. The average Bonchev–Trinajstić information content (AvgIpc) is 3.16. The molecular weight excluding hydrogens is 466 g/mol. The van der Waals surface area contributed by atoms with Crippen LogP contribution in [0.2, 0.25) is 5.02 Å². The van der Waals surface area contributed by atoms with Crippen LogP contribution in [0.3, 0.4) is 0 Å². The molecule has 0 saturated carbocycles. The van der Waals surface area contributed by atoms with Gasteiger partial charge < -0.3 is 19.5 Å². The number of ether oxygens (including phenoxy) is 2. The smallest absolute Gasteiger partial charge is 0.305 e. The lowest BCUT2D eigenvalue weighted by molar-refractivity contribution is -0.137. The van der Waals surface area contributed by atoms with E-state index in [2.05, 4.69) is 6.92 Å². The minimum atomic E-state index is -0.957. The van der Waals surface area contributed by atoms with E-state index < -0.39 is 11.6 Å². The number of nitrogens with zero attached hydrogens (tertiary/aromatic N) is 1. The first-order valence-electron chi connectivity index (χ1n) is 11.5. The first-order valence-corrected chi connectivity index (χ1v) is 11.8. The van der Waals surface area contributed by atoms with E-state index in [1.807, 2.05) is 60.7 Å². The van der Waals surface area contributed by atoms with Crippen molar-refractivity contribution in [2.24, 2.45) is 0 Å². The number of aliphatic carboxylic acids is 1. The van der Waals surface area contributed by atoms with Crippen LogP contribution in [-0.4, -0.2) is 41.1 Å². The molecular formula is C28H28ClNO5. The summed E-state index contributed by atoms with van der Waals surface area (Å²) in [5.41, 5.74) is 2.90. The molecule has 7 heteroatoms. The van der Waals surface area contributed by atoms with Gasteiger partial charge in [-0.15, -0.1) is 0 Å². The fourth-order valence-electron chi connectivity index (χ4n) is 4.54. The van der Waals surface area contributed by atoms with E-state index in [4.69, 9.17) is 21.1 Å². The Bertz CT molecular complexity index is 1240. The molecule has 0 radical (unpaired) electrons. The van der Waals surface area contributed by atoms with Crippen LogP contribution in [0.5, 0.6) is 11.5 Å². The van der Waals surface area contributed by atoms with Crippen molar-refractivity contribution in [3.05, 3.63) is 94.0 Å². The summed E-state index contributed by atoms with van der Waals surface area (Å²) < 4.78 is 11.7. The Balaban J connectivity index is 1.54. The number of amides is 1. The molecule has 1 heterocycles. The molecule has 4 rings (SSSR count). The molecule has 6 nitrogen and oxygen atoms in total. The number of para-hydroxylation sites is 1. The summed E-state index contributed by atoms with van der Waals surface area (Å²) in [6.07, 6.45) is 1.19. The molecule has 0 aliphatic carbocycles. The molecule has 1 unspecified atom stereocenters. The highest BCUT2D eigenvalue weighted by molar-refractivity contribution is 6.30. The normalized spacial score (nSPS) is 16.3. The second kappa shape index (κ2) is 10.4. The number of benzene rings is 3. The van der Waals surface area contributed by atoms with Crippen molar-refractivity contribution in [2.45, 2.75) is 38.3 Å². The van der Waals surface area contributed by atoms with Crippen LogP contribution < -0.4 is 9.47 Å². The van der Waals surface area contributed by atoms with Gasteiger partial charge in [0.25, 0.3) is 5.91 Å². The monoisotopic (exact) mass is 493 g/mol. The van der Waals surface area contributed by atoms with Crippen LogP contribution in [0, 0.1) is 0 Å². The lowest BCUT2D eigenvalue weighted by Crippen LogP contribution is -2.33. The Kier molecular flexibility index (Phi) is 7.31. The maximum absolute atomic E-state index is 13.5. The average molecular weight is 494 g/mol. The van der Waals surface area contributed by atoms with E-state index in [-0.39, 0.29) is 25.4 Å². The molecule has 1 aliphatic rings. The molecule has 3 aromatic carbocycles. The lowest BCUT2D eigenvalue weighted by atomic mass is 9.91. The van der Waals surface area contributed by atoms with Crippen molar-refractivity contribution in [3.63, 3.8) is 0 Å². The minimum absolute atomic E-state index is 0.0896. The molecule has 0 aromatic heterocycles. The van der Waals surface area contributed by atoms with Gasteiger partial charge in [0.05, 0.1) is 13.5 Å². The zero-order chi connectivity index (χ0) is 25.0. The van der Waals surface area contributed by atoms with Gasteiger partial charge >= 0.3 is 5.97 Å². The Labute approximate surface area is 210 Å². The maximum Gasteiger partial charge on any atom is 0.305 e. The maximum atomic E-state index is 13.5. The first-order chi connectivity index (χ1) is 16.8. The van der Waals surface area contributed by atoms with Gasteiger partial charge in [0.15, 0.2) is 0 Å². The number of halogens is 1. The van der Waals surface area contributed by atoms with Gasteiger partial charge in [0.2, 0.25) is 0 Å². The summed E-state index contributed by atoms with van der Waals surface area (Å²) >= 11 is 6.14. The van der Waals surface area contributed by atoms with Crippen molar-refractivity contribution < 1.29 is 24.2 Å². The SMILES string of the molecule is COc1ccccc1CN(CCC(=O)O)C(=O)c1ccc2c(c1)CC(C)(Cc1cccc(Cl)c1)O2. The van der Waals surface area contributed by atoms with E-state index in [0.29, 0.717) is 29.2 Å². The van der Waals surface area contributed by atoms with Crippen LogP contribution in [0.4, 0.5) is 0 Å². The zero-order valence-corrected chi connectivity index (χ0v) is 20.5. The van der Waals surface area contributed by atoms with Gasteiger partial charge in [0.1, 0.15) is 17.1 Å². The zero-order valence-electron chi connectivity index (χ0n) is 19.8. The Morgan fingerprint density at radius 1 is 1.11 bits per heavy atom. The topological polar surface area (TPSA) is 76.1 Å². The number of methoxy groups -OCH3 is 1. The van der Waals surface area contributed by atoms with Crippen molar-refractivity contribution in [2.75, 3.05) is 13.7 Å². The van der Waals surface area contributed by atoms with Gasteiger partial charge in [-0.2, -0.15) is 0 Å². The number of carbonyl (C=O) groups excluding carboxylic acids is 1. The third-order valence-electron chi connectivity index (χ3n) is 6.13. The Morgan fingerprint density at radius 3 is 2.66 bits per heavy atom. The minimum Gasteiger partial charge on any atom is -0.496 e. The van der Waals surface area contributed by atoms with Gasteiger partial charge in [-0.25, -0.2) is 0 Å². The van der Waals surface area contributed by atoms with Gasteiger partial charge in [-0.3, -0.25) is 9.59 Å². The lowest BCUT2D eigenvalue weighted by Gasteiger charge is -2.24. The summed E-state index contributed by atoms with van der Waals surface area (Å²) in [4.78, 5) is 26.3. The molecule has 0 saturated heterocycles. The molecule has 0 bridgehead atoms. The third-order valence-corrected chi connectivity index (χ3v) is 6.37. The van der Waals surface area contributed by atoms with Crippen LogP contribution in [0.15, 0.2) is 66.7 Å². The number of carbonyl (C=O) groups is 2. The highest BCUT2D eigenvalue weighted by Crippen LogP contribution is 2.38. The van der Waals surface area contributed by atoms with E-state index in [0.717, 1.165) is 22.4 Å². The highest BCUT2D eigenvalue weighted by Gasteiger charge is 2.35. The van der Waals surface area contributed by atoms with Crippen LogP contribution in [0.1, 0.15) is 40.4 Å². The predicted molar refractivity (Wildman–Crippen MR) is 134 cm³/mol. The number of carboxylic acids is 1. The quantitative estimate of drug-likeness (QED) is 0.432. The summed E-state index contributed by atoms with van der Waals surface area (Å²) in [5, 5.41) is 9.90. The Morgan fingerprint density at radius 2 is 1.91 bits per heavy atom. The second-order valence-corrected chi connectivity index (χ2v) is 9.48. The molecule has 0 spiro atoms. The predicted octanol–water partition coefficient (Wildman–Crippen LogP) is 5.40. The number of hydrogen-bond donors (Lipinski definition) is 1. The van der Waals surface area contributed by atoms with Crippen molar-refractivity contribution in [1.29, 1.82) is 0 Å². The molecule has 0 fully saturated rings. The number of carboxylic acid groups (broad SMARTS) is 1. The van der Waals surface area contributed by atoms with Crippen LogP contribution in [0.25, 0.3) is 0 Å². The molecule has 182 valence electrons. The fourth-order valence-corrected chi connectivity index (χ4v) is 4.75. The summed E-state index contributed by atoms with van der Waals surface area (Å²) in [5.74, 6) is 0.220. The van der Waals surface area contributed by atoms with Gasteiger partial charge in [0, 0.05) is 42.1 Å². The summed E-state index contributed by atoms with van der Waals surface area (Å²) in [6.45, 7) is 2.39. The molecule has 1 N–H and O–H groups in total. The van der Waals surface area contributed by atoms with E-state index in [1.54, 1.807) is 18.1 Å². The summed E-state index contributed by atoms with van der Waals surface area (Å²) in [6, 6.07) is 20.6. The van der Waals surface area contributed by atoms with Crippen molar-refractivity contribution in [1.82, 2.24) is 4.90 Å². The molecule has 1 amide bonds. The van der Waals surface area contributed by atoms with E-state index in [1.165, 1.54) is 0 Å². The van der Waals surface area contributed by atoms with Crippen LogP contribution in [-0.2, 0) is 24.2 Å². The van der Waals surface area contributed by atoms with Gasteiger partial charge in [-0.05, 0) is 54.4 Å². The highest BCUT2D eigenvalue weighted by atomic mass is 35.5. The third kappa shape index (κ3) is 5.95. The van der Waals surface area contributed by atoms with E-state index in [9.17, 15) is 14.7 Å². The largest absolute Gasteiger partial charge is 0.496 e. The Hall–Kier alpha value is -3.51. The fraction of sp³-hybridized carbons (Fsp3) is 0.286. The second-order valence-electron chi connectivity index (χ2n) is 9.04. The van der Waals surface area contributed by atoms with Gasteiger partial charge in [-0.1, -0.05) is 41.9 Å². The van der Waals surface area contributed by atoms with E-state index >= 15 is 0 Å². The number of hydrogen-bond acceptors (Lipinski definition) is 4. The summed E-state index contributed by atoms with van der Waals surface area (Å²) in [7, 11) is 1.57. The van der Waals surface area contributed by atoms with Crippen molar-refractivity contribution >= 4 is 23.5 Å². The number of fused-ring (bicyclic) bond motifs is 1. The molecule has 1 aliphatic heterocycles. The molecule has 3 aromatic rings. The molecule has 35 heavy (non-hydrogen) atoms. The first kappa shape index (κ1) is 24.6.